The van der Waals surface area contributed by atoms with Crippen LogP contribution >= 0.6 is 35.0 Å². The Hall–Kier alpha value is -2.82. The van der Waals surface area contributed by atoms with Gasteiger partial charge in [-0.1, -0.05) is 41.0 Å². The average molecular weight is 451 g/mol. The van der Waals surface area contributed by atoms with Crippen LogP contribution in [0.5, 0.6) is 0 Å². The van der Waals surface area contributed by atoms with Crippen molar-refractivity contribution >= 4 is 58.2 Å². The summed E-state index contributed by atoms with van der Waals surface area (Å²) in [6.45, 7) is 1.83. The first-order chi connectivity index (χ1) is 14.0. The molecule has 0 aliphatic carbocycles. The van der Waals surface area contributed by atoms with Gasteiger partial charge in [0.15, 0.2) is 0 Å². The van der Waals surface area contributed by atoms with Crippen molar-refractivity contribution in [3.63, 3.8) is 0 Å². The first-order valence-corrected chi connectivity index (χ1v) is 9.97. The van der Waals surface area contributed by atoms with Crippen molar-refractivity contribution in [3.8, 4) is 0 Å². The van der Waals surface area contributed by atoms with Crippen LogP contribution < -0.4 is 16.6 Å². The topological polar surface area (TPSA) is 123 Å². The Labute approximate surface area is 180 Å². The number of thioether (sulfide) groups is 1. The van der Waals surface area contributed by atoms with Crippen molar-refractivity contribution in [1.29, 1.82) is 0 Å². The molecule has 12 heteroatoms. The van der Waals surface area contributed by atoms with E-state index in [1.165, 1.54) is 4.68 Å². The van der Waals surface area contributed by atoms with Crippen molar-refractivity contribution < 1.29 is 4.79 Å². The number of pyridine rings is 1. The van der Waals surface area contributed by atoms with Crippen molar-refractivity contribution in [2.45, 2.75) is 12.1 Å². The highest BCUT2D eigenvalue weighted by Crippen LogP contribution is 2.29. The van der Waals surface area contributed by atoms with Crippen LogP contribution in [0.4, 0.5) is 11.6 Å². The van der Waals surface area contributed by atoms with Crippen LogP contribution in [0.2, 0.25) is 10.0 Å². The molecule has 150 valence electrons. The summed E-state index contributed by atoms with van der Waals surface area (Å²) in [6.07, 6.45) is 3.35. The zero-order valence-electron chi connectivity index (χ0n) is 15.1. The molecule has 0 aliphatic heterocycles. The van der Waals surface area contributed by atoms with Gasteiger partial charge >= 0.3 is 0 Å². The Morgan fingerprint density at radius 2 is 2.00 bits per heavy atom. The molecule has 1 amide bonds. The maximum absolute atomic E-state index is 12.2. The van der Waals surface area contributed by atoms with Gasteiger partial charge in [-0.05, 0) is 31.2 Å². The molecule has 0 aliphatic rings. The molecule has 9 nitrogen and oxygen atoms in total. The van der Waals surface area contributed by atoms with Gasteiger partial charge in [-0.25, -0.2) is 10.1 Å². The van der Waals surface area contributed by atoms with Gasteiger partial charge < -0.3 is 11.2 Å². The first kappa shape index (κ1) is 20.9. The van der Waals surface area contributed by atoms with Gasteiger partial charge in [-0.3, -0.25) is 9.78 Å². The van der Waals surface area contributed by atoms with Crippen molar-refractivity contribution in [2.75, 3.05) is 22.3 Å². The van der Waals surface area contributed by atoms with Gasteiger partial charge in [0.2, 0.25) is 11.1 Å². The van der Waals surface area contributed by atoms with E-state index < -0.39 is 0 Å². The molecule has 0 unspecified atom stereocenters. The van der Waals surface area contributed by atoms with Gasteiger partial charge in [0.25, 0.3) is 5.95 Å². The van der Waals surface area contributed by atoms with Crippen LogP contribution in [0.3, 0.4) is 0 Å². The van der Waals surface area contributed by atoms with E-state index in [1.807, 2.05) is 19.1 Å². The fourth-order valence-electron chi connectivity index (χ4n) is 2.16. The van der Waals surface area contributed by atoms with E-state index in [0.717, 1.165) is 23.0 Å². The number of halogens is 2. The number of carbonyl (C=O) groups excluding carboxylic acids is 1. The third kappa shape index (κ3) is 5.37. The summed E-state index contributed by atoms with van der Waals surface area (Å²) in [5.74, 6) is 5.97. The number of nitrogen functional groups attached to an aromatic ring is 1. The predicted molar refractivity (Wildman–Crippen MR) is 116 cm³/mol. The number of amides is 1. The van der Waals surface area contributed by atoms with Crippen LogP contribution in [-0.4, -0.2) is 37.2 Å². The minimum atomic E-state index is -0.289. The number of aromatic nitrogens is 4. The second-order valence-electron chi connectivity index (χ2n) is 5.66. The van der Waals surface area contributed by atoms with E-state index >= 15 is 0 Å². The zero-order valence-corrected chi connectivity index (χ0v) is 17.5. The number of hydrazone groups is 1. The molecule has 4 N–H and O–H groups in total. The minimum Gasteiger partial charge on any atom is -0.334 e. The van der Waals surface area contributed by atoms with Gasteiger partial charge in [-0.15, -0.1) is 10.2 Å². The first-order valence-electron chi connectivity index (χ1n) is 8.23. The number of benzene rings is 1. The Bertz CT molecular complexity index is 1040. The van der Waals surface area contributed by atoms with Crippen molar-refractivity contribution in [3.05, 3.63) is 58.3 Å². The predicted octanol–water partition coefficient (Wildman–Crippen LogP) is 3.26. The number of nitrogens with two attached hydrogens (primary N) is 1. The number of carbonyl (C=O) groups is 1. The highest BCUT2D eigenvalue weighted by atomic mass is 35.5. The Kier molecular flexibility index (Phi) is 6.91. The molecule has 0 spiro atoms. The summed E-state index contributed by atoms with van der Waals surface area (Å²) in [4.78, 5) is 16.1. The van der Waals surface area contributed by atoms with Crippen LogP contribution in [0.1, 0.15) is 12.5 Å². The smallest absolute Gasteiger partial charge is 0.264 e. The minimum absolute atomic E-state index is 0.0531. The van der Waals surface area contributed by atoms with E-state index in [2.05, 4.69) is 31.0 Å². The fourth-order valence-corrected chi connectivity index (χ4v) is 3.16. The summed E-state index contributed by atoms with van der Waals surface area (Å²) >= 11 is 13.1. The molecule has 0 radical (unpaired) electrons. The number of rotatable bonds is 7. The number of anilines is 2. The highest BCUT2D eigenvalue weighted by Gasteiger charge is 2.13. The van der Waals surface area contributed by atoms with E-state index in [1.54, 1.807) is 30.6 Å². The molecule has 3 rings (SSSR count). The third-order valence-corrected chi connectivity index (χ3v) is 5.41. The summed E-state index contributed by atoms with van der Waals surface area (Å²) in [5.41, 5.74) is 4.82. The quantitative estimate of drug-likeness (QED) is 0.218. The largest absolute Gasteiger partial charge is 0.334 e. The second-order valence-corrected chi connectivity index (χ2v) is 7.39. The van der Waals surface area contributed by atoms with Crippen molar-refractivity contribution in [2.24, 2.45) is 5.10 Å². The average Bonchev–Trinajstić information content (AvgIpc) is 3.08. The molecule has 0 bridgehead atoms. The summed E-state index contributed by atoms with van der Waals surface area (Å²) < 4.78 is 1.22. The Morgan fingerprint density at radius 3 is 2.76 bits per heavy atom. The van der Waals surface area contributed by atoms with E-state index in [9.17, 15) is 4.79 Å². The van der Waals surface area contributed by atoms with E-state index in [4.69, 9.17) is 29.0 Å². The fraction of sp³-hybridized carbons (Fsp3) is 0.118. The number of hydrogen-bond donors (Lipinski definition) is 3. The lowest BCUT2D eigenvalue weighted by Gasteiger charge is -2.08. The van der Waals surface area contributed by atoms with Crippen molar-refractivity contribution in [1.82, 2.24) is 19.9 Å². The maximum Gasteiger partial charge on any atom is 0.264 e. The van der Waals surface area contributed by atoms with Gasteiger partial charge in [-0.2, -0.15) is 5.10 Å². The monoisotopic (exact) mass is 450 g/mol. The lowest BCUT2D eigenvalue weighted by atomic mass is 10.2. The standard InChI is InChI=1S/C17H16Cl2N8OS/c1-10(11-5-7-21-8-6-11)23-24-16-25-26-17(27(16)20)29-9-14(28)22-13-4-2-3-12(18)15(13)19/h2-8H,9,20H2,1H3,(H,22,28)(H,24,25)/b23-10+. The zero-order chi connectivity index (χ0) is 20.8. The number of nitrogens with zero attached hydrogens (tertiary/aromatic N) is 5. The van der Waals surface area contributed by atoms with Gasteiger partial charge in [0.05, 0.1) is 27.2 Å². The van der Waals surface area contributed by atoms with E-state index in [-0.39, 0.29) is 22.6 Å². The molecule has 29 heavy (non-hydrogen) atoms. The van der Waals surface area contributed by atoms with Crippen LogP contribution in [0.15, 0.2) is 53.0 Å². The van der Waals surface area contributed by atoms with Crippen LogP contribution in [0, 0.1) is 0 Å². The molecule has 2 aromatic heterocycles. The molecule has 3 aromatic rings. The molecule has 0 saturated heterocycles. The molecule has 0 atom stereocenters. The molecule has 1 aromatic carbocycles. The summed E-state index contributed by atoms with van der Waals surface area (Å²) in [5, 5.41) is 15.8. The number of nitrogens with one attached hydrogen (secondary N) is 2. The summed E-state index contributed by atoms with van der Waals surface area (Å²) in [6, 6.07) is 8.66. The third-order valence-electron chi connectivity index (χ3n) is 3.64. The Balaban J connectivity index is 1.58. The summed E-state index contributed by atoms with van der Waals surface area (Å²) in [7, 11) is 0. The second kappa shape index (κ2) is 9.59. The van der Waals surface area contributed by atoms with Crippen LogP contribution in [-0.2, 0) is 4.79 Å². The van der Waals surface area contributed by atoms with Gasteiger partial charge in [0.1, 0.15) is 0 Å². The Morgan fingerprint density at radius 1 is 1.24 bits per heavy atom. The van der Waals surface area contributed by atoms with Gasteiger partial charge in [0, 0.05) is 18.0 Å². The molecule has 2 heterocycles. The maximum atomic E-state index is 12.2. The molecule has 0 fully saturated rings. The normalized spacial score (nSPS) is 11.3. The molecular formula is C17H16Cl2N8OS. The number of hydrogen-bond acceptors (Lipinski definition) is 8. The molecule has 0 saturated carbocycles. The van der Waals surface area contributed by atoms with E-state index in [0.29, 0.717) is 15.9 Å². The highest BCUT2D eigenvalue weighted by molar-refractivity contribution is 7.99. The lowest BCUT2D eigenvalue weighted by Crippen LogP contribution is -2.17. The molecular weight excluding hydrogens is 435 g/mol. The lowest BCUT2D eigenvalue weighted by molar-refractivity contribution is -0.113. The SMILES string of the molecule is C/C(=N\Nc1nnc(SCC(=O)Nc2cccc(Cl)c2Cl)n1N)c1ccncc1. The van der Waals surface area contributed by atoms with Crippen LogP contribution in [0.25, 0.3) is 0 Å².